The normalized spacial score (nSPS) is 10.5. The van der Waals surface area contributed by atoms with Crippen LogP contribution in [-0.4, -0.2) is 23.2 Å². The molecule has 0 amide bonds. The maximum atomic E-state index is 8.48. The average molecular weight is 170 g/mol. The van der Waals surface area contributed by atoms with Gasteiger partial charge in [-0.25, -0.2) is 4.98 Å². The summed E-state index contributed by atoms with van der Waals surface area (Å²) in [6.07, 6.45) is 2.60. The van der Waals surface area contributed by atoms with Crippen LogP contribution in [0.3, 0.4) is 0 Å². The monoisotopic (exact) mass is 170 g/mol. The zero-order valence-electron chi connectivity index (χ0n) is 7.21. The first kappa shape index (κ1) is 9.22. The van der Waals surface area contributed by atoms with Crippen molar-refractivity contribution in [1.82, 2.24) is 10.3 Å². The first-order chi connectivity index (χ1) is 5.86. The molecule has 12 heavy (non-hydrogen) atoms. The van der Waals surface area contributed by atoms with Gasteiger partial charge in [0.15, 0.2) is 0 Å². The van der Waals surface area contributed by atoms with Gasteiger partial charge >= 0.3 is 0 Å². The molecule has 1 rings (SSSR count). The molecule has 2 N–H and O–H groups in total. The third-order valence-corrected chi connectivity index (χ3v) is 1.51. The Morgan fingerprint density at radius 2 is 2.50 bits per heavy atom. The SMILES string of the molecule is CCc1cnc(CNCCO)o1. The van der Waals surface area contributed by atoms with Crippen LogP contribution in [0.15, 0.2) is 10.6 Å². The van der Waals surface area contributed by atoms with E-state index in [0.29, 0.717) is 19.0 Å². The van der Waals surface area contributed by atoms with Crippen molar-refractivity contribution in [2.24, 2.45) is 0 Å². The average Bonchev–Trinajstić information content (AvgIpc) is 2.53. The lowest BCUT2D eigenvalue weighted by molar-refractivity contribution is 0.288. The van der Waals surface area contributed by atoms with E-state index >= 15 is 0 Å². The van der Waals surface area contributed by atoms with E-state index < -0.39 is 0 Å². The van der Waals surface area contributed by atoms with Gasteiger partial charge in [-0.1, -0.05) is 6.92 Å². The molecule has 1 heterocycles. The largest absolute Gasteiger partial charge is 0.444 e. The third kappa shape index (κ3) is 2.64. The summed E-state index contributed by atoms with van der Waals surface area (Å²) in [7, 11) is 0. The molecule has 4 heteroatoms. The van der Waals surface area contributed by atoms with Crippen molar-refractivity contribution in [3.63, 3.8) is 0 Å². The number of nitrogens with zero attached hydrogens (tertiary/aromatic N) is 1. The molecular formula is C8H14N2O2. The van der Waals surface area contributed by atoms with Gasteiger partial charge in [0.2, 0.25) is 5.89 Å². The fraction of sp³-hybridized carbons (Fsp3) is 0.625. The van der Waals surface area contributed by atoms with Gasteiger partial charge in [-0.15, -0.1) is 0 Å². The van der Waals surface area contributed by atoms with Crippen LogP contribution in [0.25, 0.3) is 0 Å². The number of nitrogens with one attached hydrogen (secondary N) is 1. The van der Waals surface area contributed by atoms with E-state index in [2.05, 4.69) is 10.3 Å². The molecule has 0 aliphatic heterocycles. The van der Waals surface area contributed by atoms with Crippen molar-refractivity contribution in [3.8, 4) is 0 Å². The minimum atomic E-state index is 0.140. The standard InChI is InChI=1S/C8H14N2O2/c1-2-7-5-10-8(12-7)6-9-3-4-11/h5,9,11H,2-4,6H2,1H3. The minimum Gasteiger partial charge on any atom is -0.444 e. The van der Waals surface area contributed by atoms with Crippen LogP contribution in [0.4, 0.5) is 0 Å². The van der Waals surface area contributed by atoms with Crippen molar-refractivity contribution < 1.29 is 9.52 Å². The number of aromatic nitrogens is 1. The number of aliphatic hydroxyl groups is 1. The Balaban J connectivity index is 2.31. The highest BCUT2D eigenvalue weighted by atomic mass is 16.4. The predicted molar refractivity (Wildman–Crippen MR) is 44.7 cm³/mol. The lowest BCUT2D eigenvalue weighted by Crippen LogP contribution is -2.17. The highest BCUT2D eigenvalue weighted by Gasteiger charge is 2.00. The molecule has 0 fully saturated rings. The van der Waals surface area contributed by atoms with Gasteiger partial charge in [-0.05, 0) is 0 Å². The van der Waals surface area contributed by atoms with Gasteiger partial charge in [-0.2, -0.15) is 0 Å². The number of aliphatic hydroxyl groups excluding tert-OH is 1. The second kappa shape index (κ2) is 4.90. The van der Waals surface area contributed by atoms with E-state index in [0.717, 1.165) is 12.2 Å². The summed E-state index contributed by atoms with van der Waals surface area (Å²) in [6, 6.07) is 0. The first-order valence-electron chi connectivity index (χ1n) is 4.12. The molecule has 1 aromatic heterocycles. The fourth-order valence-electron chi connectivity index (χ4n) is 0.868. The van der Waals surface area contributed by atoms with Crippen molar-refractivity contribution in [2.45, 2.75) is 19.9 Å². The molecule has 0 radical (unpaired) electrons. The minimum absolute atomic E-state index is 0.140. The second-order valence-electron chi connectivity index (χ2n) is 2.47. The number of aryl methyl sites for hydroxylation is 1. The summed E-state index contributed by atoms with van der Waals surface area (Å²) >= 11 is 0. The second-order valence-corrected chi connectivity index (χ2v) is 2.47. The van der Waals surface area contributed by atoms with Crippen molar-refractivity contribution >= 4 is 0 Å². The smallest absolute Gasteiger partial charge is 0.208 e. The summed E-state index contributed by atoms with van der Waals surface area (Å²) in [5, 5.41) is 11.5. The maximum Gasteiger partial charge on any atom is 0.208 e. The quantitative estimate of drug-likeness (QED) is 0.625. The van der Waals surface area contributed by atoms with E-state index in [1.807, 2.05) is 6.92 Å². The summed E-state index contributed by atoms with van der Waals surface area (Å²) in [4.78, 5) is 4.05. The molecule has 1 aromatic rings. The fourth-order valence-corrected chi connectivity index (χ4v) is 0.868. The zero-order chi connectivity index (χ0) is 8.81. The van der Waals surface area contributed by atoms with Gasteiger partial charge in [0, 0.05) is 13.0 Å². The Kier molecular flexibility index (Phi) is 3.76. The summed E-state index contributed by atoms with van der Waals surface area (Å²) < 4.78 is 5.32. The Labute approximate surface area is 71.6 Å². The highest BCUT2D eigenvalue weighted by Crippen LogP contribution is 2.02. The van der Waals surface area contributed by atoms with Crippen LogP contribution in [0.5, 0.6) is 0 Å². The van der Waals surface area contributed by atoms with Gasteiger partial charge < -0.3 is 14.8 Å². The van der Waals surface area contributed by atoms with Crippen LogP contribution < -0.4 is 5.32 Å². The van der Waals surface area contributed by atoms with E-state index in [4.69, 9.17) is 9.52 Å². The number of oxazole rings is 1. The summed E-state index contributed by atoms with van der Waals surface area (Å²) in [5.41, 5.74) is 0. The summed E-state index contributed by atoms with van der Waals surface area (Å²) in [5.74, 6) is 1.58. The van der Waals surface area contributed by atoms with Gasteiger partial charge in [0.25, 0.3) is 0 Å². The molecule has 0 aliphatic carbocycles. The third-order valence-electron chi connectivity index (χ3n) is 1.51. The topological polar surface area (TPSA) is 58.3 Å². The molecule has 4 nitrogen and oxygen atoms in total. The Hall–Kier alpha value is -0.870. The first-order valence-corrected chi connectivity index (χ1v) is 4.12. The molecule has 0 aliphatic rings. The lowest BCUT2D eigenvalue weighted by atomic mass is 10.4. The van der Waals surface area contributed by atoms with Gasteiger partial charge in [-0.3, -0.25) is 0 Å². The van der Waals surface area contributed by atoms with Crippen LogP contribution >= 0.6 is 0 Å². The Morgan fingerprint density at radius 1 is 1.67 bits per heavy atom. The molecule has 0 saturated carbocycles. The molecule has 0 saturated heterocycles. The Morgan fingerprint density at radius 3 is 3.08 bits per heavy atom. The van der Waals surface area contributed by atoms with Crippen LogP contribution in [0, 0.1) is 0 Å². The number of hydrogen-bond donors (Lipinski definition) is 2. The van der Waals surface area contributed by atoms with Crippen LogP contribution in [0.1, 0.15) is 18.6 Å². The van der Waals surface area contributed by atoms with Gasteiger partial charge in [0.05, 0.1) is 19.3 Å². The van der Waals surface area contributed by atoms with E-state index in [-0.39, 0.29) is 6.61 Å². The van der Waals surface area contributed by atoms with E-state index in [9.17, 15) is 0 Å². The van der Waals surface area contributed by atoms with Crippen molar-refractivity contribution in [3.05, 3.63) is 17.8 Å². The van der Waals surface area contributed by atoms with Crippen molar-refractivity contribution in [1.29, 1.82) is 0 Å². The maximum absolute atomic E-state index is 8.48. The van der Waals surface area contributed by atoms with Crippen LogP contribution in [-0.2, 0) is 13.0 Å². The summed E-state index contributed by atoms with van der Waals surface area (Å²) in [6.45, 7) is 3.32. The molecule has 0 atom stereocenters. The van der Waals surface area contributed by atoms with Gasteiger partial charge in [0.1, 0.15) is 5.76 Å². The molecule has 0 spiro atoms. The van der Waals surface area contributed by atoms with E-state index in [1.54, 1.807) is 6.20 Å². The predicted octanol–water partition coefficient (Wildman–Crippen LogP) is 0.319. The molecule has 0 unspecified atom stereocenters. The van der Waals surface area contributed by atoms with Crippen molar-refractivity contribution in [2.75, 3.05) is 13.2 Å². The molecule has 0 aromatic carbocycles. The lowest BCUT2D eigenvalue weighted by Gasteiger charge is -1.96. The zero-order valence-corrected chi connectivity index (χ0v) is 7.21. The highest BCUT2D eigenvalue weighted by molar-refractivity contribution is 4.93. The molecular weight excluding hydrogens is 156 g/mol. The van der Waals surface area contributed by atoms with Crippen LogP contribution in [0.2, 0.25) is 0 Å². The Bertz CT molecular complexity index is 223. The number of rotatable bonds is 5. The van der Waals surface area contributed by atoms with E-state index in [1.165, 1.54) is 0 Å². The molecule has 68 valence electrons. The molecule has 0 bridgehead atoms. The number of hydrogen-bond acceptors (Lipinski definition) is 4.